The number of benzene rings is 2. The van der Waals surface area contributed by atoms with Gasteiger partial charge in [-0.3, -0.25) is 9.69 Å². The van der Waals surface area contributed by atoms with E-state index in [2.05, 4.69) is 10.2 Å². The topological polar surface area (TPSA) is 88.8 Å². The third-order valence-electron chi connectivity index (χ3n) is 5.92. The summed E-state index contributed by atoms with van der Waals surface area (Å²) in [6, 6.07) is 17.6. The van der Waals surface area contributed by atoms with Crippen molar-refractivity contribution in [1.82, 2.24) is 10.2 Å². The summed E-state index contributed by atoms with van der Waals surface area (Å²) in [5.74, 6) is 0.0648. The van der Waals surface area contributed by atoms with Gasteiger partial charge >= 0.3 is 0 Å². The Kier molecular flexibility index (Phi) is 7.15. The summed E-state index contributed by atoms with van der Waals surface area (Å²) in [4.78, 5) is 15.5. The molecule has 4 rings (SSSR count). The number of carbonyl (C=O) groups is 1. The number of hydrogen-bond donors (Lipinski definition) is 1. The van der Waals surface area contributed by atoms with Gasteiger partial charge in [-0.25, -0.2) is 8.42 Å². The molecule has 1 aliphatic heterocycles. The van der Waals surface area contributed by atoms with Crippen molar-refractivity contribution in [3.63, 3.8) is 0 Å². The fraction of sp³-hybridized carbons (Fsp3) is 0.320. The van der Waals surface area contributed by atoms with Crippen molar-refractivity contribution in [3.05, 3.63) is 83.8 Å². The van der Waals surface area contributed by atoms with Crippen LogP contribution in [0, 0.1) is 0 Å². The summed E-state index contributed by atoms with van der Waals surface area (Å²) in [6.07, 6.45) is 3.59. The van der Waals surface area contributed by atoms with Gasteiger partial charge in [-0.15, -0.1) is 0 Å². The van der Waals surface area contributed by atoms with Gasteiger partial charge in [0.25, 0.3) is 5.91 Å². The van der Waals surface area contributed by atoms with Crippen molar-refractivity contribution in [2.45, 2.75) is 29.5 Å². The Morgan fingerprint density at radius 2 is 1.85 bits per heavy atom. The molecule has 33 heavy (non-hydrogen) atoms. The zero-order valence-corrected chi connectivity index (χ0v) is 19.4. The van der Waals surface area contributed by atoms with Crippen LogP contribution < -0.4 is 10.1 Å². The molecule has 0 spiro atoms. The number of nitrogens with zero attached hydrogens (tertiary/aromatic N) is 1. The number of furan rings is 1. The first-order valence-corrected chi connectivity index (χ1v) is 12.6. The van der Waals surface area contributed by atoms with Crippen molar-refractivity contribution in [3.8, 4) is 5.75 Å². The second-order valence-corrected chi connectivity index (χ2v) is 10.1. The second-order valence-electron chi connectivity index (χ2n) is 8.09. The van der Waals surface area contributed by atoms with Gasteiger partial charge in [0.1, 0.15) is 5.75 Å². The molecule has 1 fully saturated rings. The highest BCUT2D eigenvalue weighted by atomic mass is 32.2. The van der Waals surface area contributed by atoms with E-state index in [4.69, 9.17) is 9.15 Å². The maximum atomic E-state index is 13.0. The zero-order chi connectivity index (χ0) is 23.3. The van der Waals surface area contributed by atoms with Crippen LogP contribution in [0.2, 0.25) is 0 Å². The van der Waals surface area contributed by atoms with Gasteiger partial charge in [0.15, 0.2) is 15.6 Å². The molecule has 1 amide bonds. The third-order valence-corrected chi connectivity index (χ3v) is 7.60. The Morgan fingerprint density at radius 3 is 2.58 bits per heavy atom. The van der Waals surface area contributed by atoms with Gasteiger partial charge in [-0.1, -0.05) is 30.3 Å². The van der Waals surface area contributed by atoms with E-state index in [9.17, 15) is 13.2 Å². The number of amides is 1. The molecule has 7 nitrogen and oxygen atoms in total. The first kappa shape index (κ1) is 23.1. The number of sulfone groups is 1. The normalized spacial score (nSPS) is 15.3. The summed E-state index contributed by atoms with van der Waals surface area (Å²) in [5.41, 5.74) is 1.40. The van der Waals surface area contributed by atoms with Crippen LogP contribution in [0.5, 0.6) is 5.75 Å². The van der Waals surface area contributed by atoms with Crippen molar-refractivity contribution >= 4 is 15.7 Å². The Labute approximate surface area is 194 Å². The van der Waals surface area contributed by atoms with E-state index in [0.29, 0.717) is 12.1 Å². The lowest BCUT2D eigenvalue weighted by molar-refractivity contribution is 0.0909. The molecule has 1 aliphatic rings. The Hall–Kier alpha value is -3.10. The molecule has 8 heteroatoms. The van der Waals surface area contributed by atoms with E-state index in [1.165, 1.54) is 12.3 Å². The highest BCUT2D eigenvalue weighted by Gasteiger charge is 2.27. The lowest BCUT2D eigenvalue weighted by atomic mass is 10.0. The third kappa shape index (κ3) is 5.46. The van der Waals surface area contributed by atoms with Gasteiger partial charge in [0.05, 0.1) is 30.1 Å². The van der Waals surface area contributed by atoms with Gasteiger partial charge in [0, 0.05) is 12.1 Å². The van der Waals surface area contributed by atoms with Crippen molar-refractivity contribution in [1.29, 1.82) is 0 Å². The Balaban J connectivity index is 1.49. The molecule has 0 bridgehead atoms. The quantitative estimate of drug-likeness (QED) is 0.514. The van der Waals surface area contributed by atoms with Crippen molar-refractivity contribution < 1.29 is 22.4 Å². The largest absolute Gasteiger partial charge is 0.497 e. The Bertz CT molecular complexity index is 1180. The SMILES string of the molecule is COc1cccc(C(CNC(=O)c2occc2CS(=O)(=O)c2ccccc2)N2CCCC2)c1. The summed E-state index contributed by atoms with van der Waals surface area (Å²) in [5, 5.41) is 2.95. The highest BCUT2D eigenvalue weighted by Crippen LogP contribution is 2.27. The van der Waals surface area contributed by atoms with Crippen LogP contribution in [0.1, 0.15) is 40.6 Å². The maximum absolute atomic E-state index is 13.0. The first-order valence-electron chi connectivity index (χ1n) is 11.0. The highest BCUT2D eigenvalue weighted by molar-refractivity contribution is 7.90. The van der Waals surface area contributed by atoms with E-state index in [-0.39, 0.29) is 22.5 Å². The summed E-state index contributed by atoms with van der Waals surface area (Å²) in [6.45, 7) is 2.29. The summed E-state index contributed by atoms with van der Waals surface area (Å²) in [7, 11) is -1.96. The fourth-order valence-electron chi connectivity index (χ4n) is 4.19. The van der Waals surface area contributed by atoms with Gasteiger partial charge in [-0.2, -0.15) is 0 Å². The zero-order valence-electron chi connectivity index (χ0n) is 18.6. The molecule has 174 valence electrons. The predicted octanol–water partition coefficient (Wildman–Crippen LogP) is 3.83. The lowest BCUT2D eigenvalue weighted by Gasteiger charge is -2.28. The number of hydrogen-bond acceptors (Lipinski definition) is 6. The minimum atomic E-state index is -3.60. The fourth-order valence-corrected chi connectivity index (χ4v) is 5.57. The number of methoxy groups -OCH3 is 1. The molecule has 0 radical (unpaired) electrons. The van der Waals surface area contributed by atoms with Gasteiger partial charge < -0.3 is 14.5 Å². The first-order chi connectivity index (χ1) is 16.0. The monoisotopic (exact) mass is 468 g/mol. The van der Waals surface area contributed by atoms with E-state index >= 15 is 0 Å². The van der Waals surface area contributed by atoms with Gasteiger partial charge in [-0.05, 0) is 61.8 Å². The molecule has 1 aromatic heterocycles. The van der Waals surface area contributed by atoms with Gasteiger partial charge in [0.2, 0.25) is 0 Å². The number of ether oxygens (including phenoxy) is 1. The van der Waals surface area contributed by atoms with Crippen LogP contribution in [0.4, 0.5) is 0 Å². The van der Waals surface area contributed by atoms with E-state index < -0.39 is 15.7 Å². The van der Waals surface area contributed by atoms with Crippen LogP contribution in [0.15, 0.2) is 76.2 Å². The summed E-state index contributed by atoms with van der Waals surface area (Å²) < 4.78 is 36.3. The van der Waals surface area contributed by atoms with Crippen LogP contribution >= 0.6 is 0 Å². The average molecular weight is 469 g/mol. The van der Waals surface area contributed by atoms with E-state index in [0.717, 1.165) is 37.2 Å². The van der Waals surface area contributed by atoms with E-state index in [1.807, 2.05) is 24.3 Å². The molecule has 1 atom stereocenters. The molecule has 2 heterocycles. The van der Waals surface area contributed by atoms with Crippen LogP contribution in [0.25, 0.3) is 0 Å². The molecular weight excluding hydrogens is 440 g/mol. The molecule has 3 aromatic rings. The van der Waals surface area contributed by atoms with E-state index in [1.54, 1.807) is 37.4 Å². The molecule has 1 saturated heterocycles. The molecule has 0 saturated carbocycles. The molecule has 1 unspecified atom stereocenters. The minimum absolute atomic E-state index is 0.0157. The average Bonchev–Trinajstić information content (AvgIpc) is 3.52. The summed E-state index contributed by atoms with van der Waals surface area (Å²) >= 11 is 0. The number of rotatable bonds is 9. The Morgan fingerprint density at radius 1 is 1.09 bits per heavy atom. The lowest BCUT2D eigenvalue weighted by Crippen LogP contribution is -2.37. The van der Waals surface area contributed by atoms with Crippen molar-refractivity contribution in [2.75, 3.05) is 26.7 Å². The second kappa shape index (κ2) is 10.2. The molecular formula is C25H28N2O5S. The molecule has 2 aromatic carbocycles. The number of likely N-dealkylation sites (tertiary alicyclic amines) is 1. The molecule has 0 aliphatic carbocycles. The van der Waals surface area contributed by atoms with Crippen LogP contribution in [-0.2, 0) is 15.6 Å². The maximum Gasteiger partial charge on any atom is 0.287 e. The smallest absolute Gasteiger partial charge is 0.287 e. The number of carbonyl (C=O) groups excluding carboxylic acids is 1. The standard InChI is InChI=1S/C25H28N2O5S/c1-31-21-9-7-8-19(16-21)23(27-13-5-6-14-27)17-26-25(28)24-20(12-15-32-24)18-33(29,30)22-10-3-2-4-11-22/h2-4,7-12,15-16,23H,5-6,13-14,17-18H2,1H3,(H,26,28). The number of nitrogens with one attached hydrogen (secondary N) is 1. The van der Waals surface area contributed by atoms with Crippen LogP contribution in [0.3, 0.4) is 0 Å². The molecule has 1 N–H and O–H groups in total. The van der Waals surface area contributed by atoms with Crippen LogP contribution in [-0.4, -0.2) is 46.0 Å². The van der Waals surface area contributed by atoms with Crippen molar-refractivity contribution in [2.24, 2.45) is 0 Å². The predicted molar refractivity (Wildman–Crippen MR) is 125 cm³/mol. The minimum Gasteiger partial charge on any atom is -0.497 e.